The Hall–Kier alpha value is -3.74. The molecule has 6 atom stereocenters. The maximum atomic E-state index is 14.4. The van der Waals surface area contributed by atoms with E-state index in [2.05, 4.69) is 0 Å². The highest BCUT2D eigenvalue weighted by molar-refractivity contribution is 6.24. The molecule has 12 nitrogen and oxygen atoms in total. The number of fused-ring (bicyclic) bond motifs is 3. The van der Waals surface area contributed by atoms with Crippen LogP contribution in [0.2, 0.25) is 0 Å². The topological polar surface area (TPSA) is 191 Å². The van der Waals surface area contributed by atoms with Gasteiger partial charge in [-0.15, -0.1) is 0 Å². The highest BCUT2D eigenvalue weighted by Crippen LogP contribution is 2.58. The molecule has 0 aromatic heterocycles. The van der Waals surface area contributed by atoms with Gasteiger partial charge in [0.25, 0.3) is 5.91 Å². The largest absolute Gasteiger partial charge is 0.508 e. The van der Waals surface area contributed by atoms with Crippen LogP contribution in [0.15, 0.2) is 35.1 Å². The van der Waals surface area contributed by atoms with Crippen molar-refractivity contribution in [3.63, 3.8) is 0 Å². The van der Waals surface area contributed by atoms with E-state index in [9.17, 15) is 39.6 Å². The summed E-state index contributed by atoms with van der Waals surface area (Å²) in [4.78, 5) is 56.6. The first-order valence-corrected chi connectivity index (χ1v) is 14.0. The average Bonchev–Trinajstić information content (AvgIpc) is 2.90. The molecule has 3 aliphatic carbocycles. The number of esters is 1. The molecule has 42 heavy (non-hydrogen) atoms. The number of nitrogens with two attached hydrogens (primary N) is 1. The molecule has 0 aliphatic heterocycles. The zero-order chi connectivity index (χ0) is 31.3. The number of hydrogen-bond donors (Lipinski definition) is 5. The van der Waals surface area contributed by atoms with E-state index in [4.69, 9.17) is 10.5 Å². The number of phenols is 1. The molecule has 1 amide bonds. The SMILES string of the molecule is CCC(=O)O[C@@H]1[C@@H]2C(=C(O)c3c(O)cccc3[C@H]2CCCCN(C)C)C(=O)[C@@]2(O)C(O)=C(C(N)=O)C(=O)[C@H](N(C)C)[C@@H]12. The number of phenolic OH excluding ortho intramolecular Hbond substituents is 1. The molecule has 1 fully saturated rings. The molecule has 0 radical (unpaired) electrons. The van der Waals surface area contributed by atoms with E-state index < -0.39 is 76.0 Å². The van der Waals surface area contributed by atoms with Gasteiger partial charge in [0, 0.05) is 17.9 Å². The molecule has 228 valence electrons. The third kappa shape index (κ3) is 4.77. The number of ketones is 2. The first-order chi connectivity index (χ1) is 19.7. The van der Waals surface area contributed by atoms with Gasteiger partial charge in [-0.25, -0.2) is 0 Å². The van der Waals surface area contributed by atoms with E-state index in [-0.39, 0.29) is 23.3 Å². The second kappa shape index (κ2) is 11.5. The summed E-state index contributed by atoms with van der Waals surface area (Å²) in [5.41, 5.74) is 1.67. The van der Waals surface area contributed by atoms with E-state index in [1.807, 2.05) is 19.0 Å². The Morgan fingerprint density at radius 1 is 1.07 bits per heavy atom. The van der Waals surface area contributed by atoms with E-state index in [0.29, 0.717) is 18.4 Å². The van der Waals surface area contributed by atoms with Gasteiger partial charge < -0.3 is 35.8 Å². The van der Waals surface area contributed by atoms with Crippen molar-refractivity contribution in [2.75, 3.05) is 34.7 Å². The number of Topliss-reactive ketones (excluding diaryl/α,β-unsaturated/α-hetero) is 2. The molecule has 4 rings (SSSR count). The maximum absolute atomic E-state index is 14.4. The van der Waals surface area contributed by atoms with E-state index in [1.54, 1.807) is 19.1 Å². The van der Waals surface area contributed by atoms with Gasteiger partial charge in [0.1, 0.15) is 28.9 Å². The van der Waals surface area contributed by atoms with Crippen molar-refractivity contribution in [3.05, 3.63) is 46.2 Å². The summed E-state index contributed by atoms with van der Waals surface area (Å²) in [5.74, 6) is -9.55. The number of benzene rings is 1. The van der Waals surface area contributed by atoms with Gasteiger partial charge in [0.15, 0.2) is 11.4 Å². The number of unbranched alkanes of at least 4 members (excludes halogenated alkanes) is 1. The van der Waals surface area contributed by atoms with E-state index in [0.717, 1.165) is 13.0 Å². The number of primary amides is 1. The standard InChI is InChI=1S/C30H39N3O9/c1-6-17(35)42-26-19-15(10-7-8-13-32(2)3)14-11-9-12-16(34)18(14)24(36)20(19)27(38)30(41)22(26)23(33(4)5)25(37)21(28(30)39)29(31)40/h9,11-12,15,19,22-23,26,34,36,39,41H,6-8,10,13H2,1-5H3,(H2,31,40)/t15-,19+,22+,23-,26-,30-/m1/s1. The van der Waals surface area contributed by atoms with Crippen LogP contribution in [0.3, 0.4) is 0 Å². The summed E-state index contributed by atoms with van der Waals surface area (Å²) >= 11 is 0. The van der Waals surface area contributed by atoms with E-state index in [1.165, 1.54) is 25.1 Å². The summed E-state index contributed by atoms with van der Waals surface area (Å²) in [5, 5.41) is 45.7. The molecule has 0 bridgehead atoms. The molecule has 1 aromatic carbocycles. The molecule has 1 saturated carbocycles. The second-order valence-electron chi connectivity index (χ2n) is 11.7. The fourth-order valence-electron chi connectivity index (χ4n) is 6.88. The lowest BCUT2D eigenvalue weighted by Gasteiger charge is -2.55. The highest BCUT2D eigenvalue weighted by atomic mass is 16.5. The van der Waals surface area contributed by atoms with Crippen LogP contribution >= 0.6 is 0 Å². The van der Waals surface area contributed by atoms with Crippen LogP contribution in [0.4, 0.5) is 0 Å². The Bertz CT molecular complexity index is 1380. The summed E-state index contributed by atoms with van der Waals surface area (Å²) in [7, 11) is 6.86. The van der Waals surface area contributed by atoms with Crippen LogP contribution in [-0.2, 0) is 23.9 Å². The fourth-order valence-corrected chi connectivity index (χ4v) is 6.88. The highest BCUT2D eigenvalue weighted by Gasteiger charge is 2.69. The lowest BCUT2D eigenvalue weighted by Crippen LogP contribution is -2.71. The normalized spacial score (nSPS) is 29.0. The molecule has 1 aromatic rings. The lowest BCUT2D eigenvalue weighted by atomic mass is 9.53. The summed E-state index contributed by atoms with van der Waals surface area (Å²) in [6.45, 7) is 2.33. The Balaban J connectivity index is 2.04. The first kappa shape index (κ1) is 31.2. The Kier molecular flexibility index (Phi) is 8.55. The smallest absolute Gasteiger partial charge is 0.305 e. The maximum Gasteiger partial charge on any atom is 0.305 e. The fraction of sp³-hybridized carbons (Fsp3) is 0.533. The number of carbonyl (C=O) groups excluding carboxylic acids is 4. The number of aromatic hydroxyl groups is 1. The van der Waals surface area contributed by atoms with Gasteiger partial charge in [0.2, 0.25) is 5.78 Å². The van der Waals surface area contributed by atoms with Crippen LogP contribution in [0.5, 0.6) is 5.75 Å². The Morgan fingerprint density at radius 2 is 1.74 bits per heavy atom. The predicted molar refractivity (Wildman–Crippen MR) is 151 cm³/mol. The van der Waals surface area contributed by atoms with Crippen LogP contribution in [0.1, 0.15) is 49.7 Å². The predicted octanol–water partition coefficient (Wildman–Crippen LogP) is 1.17. The number of hydrogen-bond acceptors (Lipinski definition) is 11. The van der Waals surface area contributed by atoms with Gasteiger partial charge in [-0.1, -0.05) is 25.5 Å². The lowest BCUT2D eigenvalue weighted by molar-refractivity contribution is -0.185. The van der Waals surface area contributed by atoms with Crippen LogP contribution in [0, 0.1) is 11.8 Å². The summed E-state index contributed by atoms with van der Waals surface area (Å²) in [6, 6.07) is 3.26. The van der Waals surface area contributed by atoms with E-state index >= 15 is 0 Å². The van der Waals surface area contributed by atoms with Gasteiger partial charge in [0.05, 0.1) is 17.5 Å². The number of rotatable bonds is 9. The molecule has 0 unspecified atom stereocenters. The average molecular weight is 586 g/mol. The summed E-state index contributed by atoms with van der Waals surface area (Å²) < 4.78 is 5.94. The van der Waals surface area contributed by atoms with Gasteiger partial charge in [-0.05, 0) is 65.1 Å². The minimum atomic E-state index is -2.96. The molecular weight excluding hydrogens is 546 g/mol. The zero-order valence-corrected chi connectivity index (χ0v) is 24.5. The number of nitrogens with zero attached hydrogens (tertiary/aromatic N) is 2. The third-order valence-electron chi connectivity index (χ3n) is 8.70. The monoisotopic (exact) mass is 585 g/mol. The van der Waals surface area contributed by atoms with Crippen molar-refractivity contribution >= 4 is 29.2 Å². The molecular formula is C30H39N3O9. The van der Waals surface area contributed by atoms with Crippen LogP contribution in [0.25, 0.3) is 5.76 Å². The quantitative estimate of drug-likeness (QED) is 0.159. The number of carbonyl (C=O) groups is 4. The van der Waals surface area contributed by atoms with Crippen molar-refractivity contribution in [2.24, 2.45) is 17.6 Å². The van der Waals surface area contributed by atoms with Gasteiger partial charge >= 0.3 is 5.97 Å². The number of amides is 1. The van der Waals surface area contributed by atoms with Crippen molar-refractivity contribution in [1.29, 1.82) is 0 Å². The Morgan fingerprint density at radius 3 is 2.31 bits per heavy atom. The van der Waals surface area contributed by atoms with Crippen LogP contribution in [-0.4, -0.2) is 106 Å². The van der Waals surface area contributed by atoms with Crippen molar-refractivity contribution in [3.8, 4) is 5.75 Å². The number of ether oxygens (including phenoxy) is 1. The second-order valence-corrected chi connectivity index (χ2v) is 11.7. The molecule has 6 N–H and O–H groups in total. The van der Waals surface area contributed by atoms with Crippen molar-refractivity contribution in [2.45, 2.75) is 56.3 Å². The molecule has 0 saturated heterocycles. The molecule has 3 aliphatic rings. The number of likely N-dealkylation sites (N-methyl/N-ethyl adjacent to an activating group) is 1. The number of aliphatic hydroxyl groups is 3. The minimum absolute atomic E-state index is 0.00744. The third-order valence-corrected chi connectivity index (χ3v) is 8.70. The van der Waals surface area contributed by atoms with Gasteiger partial charge in [-0.2, -0.15) is 0 Å². The van der Waals surface area contributed by atoms with Gasteiger partial charge in [-0.3, -0.25) is 24.1 Å². The summed E-state index contributed by atoms with van der Waals surface area (Å²) in [6.07, 6.45) is 0.402. The van der Waals surface area contributed by atoms with Crippen LogP contribution < -0.4 is 5.73 Å². The van der Waals surface area contributed by atoms with Crippen molar-refractivity contribution in [1.82, 2.24) is 9.80 Å². The molecule has 0 heterocycles. The van der Waals surface area contributed by atoms with Crippen molar-refractivity contribution < 1.29 is 44.3 Å². The minimum Gasteiger partial charge on any atom is -0.508 e. The first-order valence-electron chi connectivity index (χ1n) is 14.0. The molecule has 12 heteroatoms. The Labute approximate surface area is 244 Å². The number of aliphatic hydroxyl groups excluding tert-OH is 2. The zero-order valence-electron chi connectivity index (χ0n) is 24.5. The molecule has 0 spiro atoms.